The maximum Gasteiger partial charge on any atom is 0.141 e. The van der Waals surface area contributed by atoms with Gasteiger partial charge in [0.2, 0.25) is 0 Å². The Morgan fingerprint density at radius 2 is 2.00 bits per heavy atom. The van der Waals surface area contributed by atoms with Gasteiger partial charge in [0.1, 0.15) is 5.82 Å². The molecule has 0 amide bonds. The molecule has 3 nitrogen and oxygen atoms in total. The summed E-state index contributed by atoms with van der Waals surface area (Å²) in [5.41, 5.74) is 10.8. The van der Waals surface area contributed by atoms with Crippen molar-refractivity contribution in [2.75, 3.05) is 5.73 Å². The Morgan fingerprint density at radius 3 is 2.79 bits per heavy atom. The number of aryl methyl sites for hydroxylation is 1. The van der Waals surface area contributed by atoms with Gasteiger partial charge in [-0.1, -0.05) is 23.7 Å². The van der Waals surface area contributed by atoms with Gasteiger partial charge in [-0.3, -0.25) is 0 Å². The fourth-order valence-electron chi connectivity index (χ4n) is 2.31. The molecule has 1 heterocycles. The SMILES string of the molecule is Cc1c(N)cccc1-c1nc2cc(Cl)ccc2n1C. The van der Waals surface area contributed by atoms with E-state index in [1.807, 2.05) is 50.4 Å². The fourth-order valence-corrected chi connectivity index (χ4v) is 2.48. The smallest absolute Gasteiger partial charge is 0.141 e. The molecule has 0 radical (unpaired) electrons. The highest BCUT2D eigenvalue weighted by Gasteiger charge is 2.12. The molecular weight excluding hydrogens is 258 g/mol. The molecule has 19 heavy (non-hydrogen) atoms. The minimum Gasteiger partial charge on any atom is -0.398 e. The number of nitrogens with two attached hydrogens (primary N) is 1. The monoisotopic (exact) mass is 271 g/mol. The second-order valence-electron chi connectivity index (χ2n) is 4.65. The van der Waals surface area contributed by atoms with E-state index in [1.165, 1.54) is 0 Å². The predicted molar refractivity (Wildman–Crippen MR) is 80.3 cm³/mol. The molecule has 3 rings (SSSR count). The van der Waals surface area contributed by atoms with Gasteiger partial charge in [-0.15, -0.1) is 0 Å². The number of hydrogen-bond acceptors (Lipinski definition) is 2. The molecule has 0 unspecified atom stereocenters. The van der Waals surface area contributed by atoms with Crippen molar-refractivity contribution in [2.24, 2.45) is 7.05 Å². The molecule has 0 saturated heterocycles. The van der Waals surface area contributed by atoms with Gasteiger partial charge in [0.05, 0.1) is 11.0 Å². The number of nitrogens with zero attached hydrogens (tertiary/aromatic N) is 2. The number of nitrogen functional groups attached to an aromatic ring is 1. The fraction of sp³-hybridized carbons (Fsp3) is 0.133. The third kappa shape index (κ3) is 1.87. The van der Waals surface area contributed by atoms with Crippen LogP contribution in [0.15, 0.2) is 36.4 Å². The lowest BCUT2D eigenvalue weighted by atomic mass is 10.1. The number of fused-ring (bicyclic) bond motifs is 1. The molecule has 4 heteroatoms. The number of imidazole rings is 1. The van der Waals surface area contributed by atoms with Crippen LogP contribution in [0, 0.1) is 6.92 Å². The highest BCUT2D eigenvalue weighted by Crippen LogP contribution is 2.29. The highest BCUT2D eigenvalue weighted by molar-refractivity contribution is 6.31. The molecule has 2 N–H and O–H groups in total. The average Bonchev–Trinajstić information content (AvgIpc) is 2.69. The van der Waals surface area contributed by atoms with Gasteiger partial charge in [-0.2, -0.15) is 0 Å². The third-order valence-corrected chi connectivity index (χ3v) is 3.69. The summed E-state index contributed by atoms with van der Waals surface area (Å²) < 4.78 is 2.06. The third-order valence-electron chi connectivity index (χ3n) is 3.46. The second kappa shape index (κ2) is 4.28. The van der Waals surface area contributed by atoms with Crippen LogP contribution < -0.4 is 5.73 Å². The predicted octanol–water partition coefficient (Wildman–Crippen LogP) is 3.78. The van der Waals surface area contributed by atoms with E-state index < -0.39 is 0 Å². The topological polar surface area (TPSA) is 43.8 Å². The Labute approximate surface area is 116 Å². The van der Waals surface area contributed by atoms with Crippen LogP contribution in [0.2, 0.25) is 5.02 Å². The Hall–Kier alpha value is -2.00. The van der Waals surface area contributed by atoms with E-state index in [-0.39, 0.29) is 0 Å². The number of benzene rings is 2. The summed E-state index contributed by atoms with van der Waals surface area (Å²) in [5, 5.41) is 0.696. The number of aromatic nitrogens is 2. The van der Waals surface area contributed by atoms with E-state index in [4.69, 9.17) is 17.3 Å². The Balaban J connectivity index is 2.31. The van der Waals surface area contributed by atoms with Gasteiger partial charge in [0.25, 0.3) is 0 Å². The molecule has 0 fully saturated rings. The van der Waals surface area contributed by atoms with Crippen molar-refractivity contribution in [3.63, 3.8) is 0 Å². The van der Waals surface area contributed by atoms with Crippen LogP contribution in [-0.4, -0.2) is 9.55 Å². The van der Waals surface area contributed by atoms with Gasteiger partial charge in [0, 0.05) is 23.3 Å². The summed E-state index contributed by atoms with van der Waals surface area (Å²) >= 11 is 6.01. The van der Waals surface area contributed by atoms with Crippen LogP contribution in [0.25, 0.3) is 22.4 Å². The molecule has 0 bridgehead atoms. The normalized spacial score (nSPS) is 11.1. The highest BCUT2D eigenvalue weighted by atomic mass is 35.5. The molecular formula is C15H14ClN3. The van der Waals surface area contributed by atoms with Gasteiger partial charge in [0.15, 0.2) is 0 Å². The van der Waals surface area contributed by atoms with Crippen molar-refractivity contribution < 1.29 is 0 Å². The molecule has 3 aromatic rings. The summed E-state index contributed by atoms with van der Waals surface area (Å²) in [6, 6.07) is 11.6. The first-order valence-corrected chi connectivity index (χ1v) is 6.43. The number of anilines is 1. The number of halogens is 1. The quantitative estimate of drug-likeness (QED) is 0.685. The molecule has 96 valence electrons. The van der Waals surface area contributed by atoms with Crippen molar-refractivity contribution in [3.05, 3.63) is 47.0 Å². The van der Waals surface area contributed by atoms with E-state index >= 15 is 0 Å². The van der Waals surface area contributed by atoms with Crippen molar-refractivity contribution in [3.8, 4) is 11.4 Å². The maximum absolute atomic E-state index is 6.01. The summed E-state index contributed by atoms with van der Waals surface area (Å²) in [7, 11) is 2.00. The van der Waals surface area contributed by atoms with Crippen LogP contribution in [-0.2, 0) is 7.05 Å². The van der Waals surface area contributed by atoms with Crippen LogP contribution in [0.3, 0.4) is 0 Å². The van der Waals surface area contributed by atoms with Crippen LogP contribution in [0.1, 0.15) is 5.56 Å². The average molecular weight is 272 g/mol. The first kappa shape index (κ1) is 12.1. The van der Waals surface area contributed by atoms with Crippen LogP contribution >= 0.6 is 11.6 Å². The number of hydrogen-bond donors (Lipinski definition) is 1. The van der Waals surface area contributed by atoms with Crippen molar-refractivity contribution in [2.45, 2.75) is 6.92 Å². The molecule has 1 aromatic heterocycles. The van der Waals surface area contributed by atoms with E-state index in [1.54, 1.807) is 0 Å². The lowest BCUT2D eigenvalue weighted by Crippen LogP contribution is -1.97. The first-order chi connectivity index (χ1) is 9.08. The van der Waals surface area contributed by atoms with E-state index in [0.29, 0.717) is 5.02 Å². The zero-order valence-corrected chi connectivity index (χ0v) is 11.6. The van der Waals surface area contributed by atoms with Crippen molar-refractivity contribution in [1.29, 1.82) is 0 Å². The molecule has 0 aliphatic rings. The van der Waals surface area contributed by atoms with Gasteiger partial charge < -0.3 is 10.3 Å². The molecule has 0 aliphatic carbocycles. The maximum atomic E-state index is 6.01. The minimum absolute atomic E-state index is 0.696. The van der Waals surface area contributed by atoms with Gasteiger partial charge >= 0.3 is 0 Å². The Kier molecular flexibility index (Phi) is 2.72. The summed E-state index contributed by atoms with van der Waals surface area (Å²) in [6.45, 7) is 2.01. The molecule has 0 saturated carbocycles. The molecule has 0 aliphatic heterocycles. The van der Waals surface area contributed by atoms with Gasteiger partial charge in [-0.25, -0.2) is 4.98 Å². The van der Waals surface area contributed by atoms with Crippen LogP contribution in [0.4, 0.5) is 5.69 Å². The summed E-state index contributed by atoms with van der Waals surface area (Å²) in [6.07, 6.45) is 0. The van der Waals surface area contributed by atoms with Crippen molar-refractivity contribution >= 4 is 28.3 Å². The zero-order chi connectivity index (χ0) is 13.6. The Bertz CT molecular complexity index is 774. The van der Waals surface area contributed by atoms with E-state index in [0.717, 1.165) is 33.7 Å². The Morgan fingerprint density at radius 1 is 1.21 bits per heavy atom. The molecule has 0 spiro atoms. The number of rotatable bonds is 1. The lowest BCUT2D eigenvalue weighted by Gasteiger charge is -2.08. The van der Waals surface area contributed by atoms with E-state index in [9.17, 15) is 0 Å². The minimum atomic E-state index is 0.696. The zero-order valence-electron chi connectivity index (χ0n) is 10.8. The second-order valence-corrected chi connectivity index (χ2v) is 5.08. The molecule has 2 aromatic carbocycles. The first-order valence-electron chi connectivity index (χ1n) is 6.05. The van der Waals surface area contributed by atoms with E-state index in [2.05, 4.69) is 9.55 Å². The van der Waals surface area contributed by atoms with Crippen molar-refractivity contribution in [1.82, 2.24) is 9.55 Å². The lowest BCUT2D eigenvalue weighted by molar-refractivity contribution is 0.957. The van der Waals surface area contributed by atoms with Gasteiger partial charge in [-0.05, 0) is 36.8 Å². The largest absolute Gasteiger partial charge is 0.398 e. The summed E-state index contributed by atoms with van der Waals surface area (Å²) in [4.78, 5) is 4.67. The molecule has 0 atom stereocenters. The standard InChI is InChI=1S/C15H14ClN3/c1-9-11(4-3-5-12(9)17)15-18-13-8-10(16)6-7-14(13)19(15)2/h3-8H,17H2,1-2H3. The van der Waals surface area contributed by atoms with Crippen LogP contribution in [0.5, 0.6) is 0 Å². The summed E-state index contributed by atoms with van der Waals surface area (Å²) in [5.74, 6) is 0.905.